The molecule has 0 N–H and O–H groups in total. The number of hydrogen-bond donors (Lipinski definition) is 0. The van der Waals surface area contributed by atoms with E-state index in [0.717, 1.165) is 46.8 Å². The molecule has 3 aliphatic rings. The fourth-order valence-corrected chi connectivity index (χ4v) is 13.3. The molecule has 14 rings (SSSR count). The summed E-state index contributed by atoms with van der Waals surface area (Å²) in [6.07, 6.45) is 8.77. The van der Waals surface area contributed by atoms with E-state index >= 15 is 0 Å². The van der Waals surface area contributed by atoms with Crippen molar-refractivity contribution in [1.29, 1.82) is 0 Å². The average molecular weight is 926 g/mol. The van der Waals surface area contributed by atoms with E-state index in [4.69, 9.17) is 0 Å². The van der Waals surface area contributed by atoms with Crippen LogP contribution in [0.5, 0.6) is 0 Å². The summed E-state index contributed by atoms with van der Waals surface area (Å²) in [6, 6.07) is 89.9. The van der Waals surface area contributed by atoms with Crippen LogP contribution in [0.1, 0.15) is 35.1 Å². The second kappa shape index (κ2) is 16.8. The number of rotatable bonds is 8. The molecule has 1 aromatic heterocycles. The third-order valence-corrected chi connectivity index (χ3v) is 16.1. The second-order valence-electron chi connectivity index (χ2n) is 18.7. The molecule has 1 aliphatic heterocycles. The molecule has 10 aromatic carbocycles. The van der Waals surface area contributed by atoms with Crippen molar-refractivity contribution >= 4 is 77.0 Å². The van der Waals surface area contributed by atoms with Gasteiger partial charge in [-0.05, 0) is 125 Å². The maximum atomic E-state index is 2.54. The van der Waals surface area contributed by atoms with Crippen LogP contribution in [0, 0.1) is 0 Å². The fourth-order valence-electron chi connectivity index (χ4n) is 12.0. The highest BCUT2D eigenvalue weighted by Gasteiger charge is 2.52. The number of fused-ring (bicyclic) bond motifs is 12. The van der Waals surface area contributed by atoms with Gasteiger partial charge in [-0.1, -0.05) is 182 Å². The number of allylic oxidation sites excluding steroid dienone is 4. The maximum Gasteiger partial charge on any atom is 0.0755 e. The largest absolute Gasteiger partial charge is 0.312 e. The van der Waals surface area contributed by atoms with Gasteiger partial charge in [-0.15, -0.1) is 11.3 Å². The van der Waals surface area contributed by atoms with Crippen molar-refractivity contribution in [1.82, 2.24) is 0 Å². The molecule has 2 aliphatic carbocycles. The molecule has 1 spiro atoms. The smallest absolute Gasteiger partial charge is 0.0755 e. The van der Waals surface area contributed by atoms with Crippen molar-refractivity contribution in [3.63, 3.8) is 0 Å². The van der Waals surface area contributed by atoms with Crippen molar-refractivity contribution in [3.05, 3.63) is 289 Å². The summed E-state index contributed by atoms with van der Waals surface area (Å²) in [5.74, 6) is 0. The van der Waals surface area contributed by atoms with Crippen LogP contribution in [0.3, 0.4) is 0 Å². The lowest BCUT2D eigenvalue weighted by Crippen LogP contribution is -2.36. The van der Waals surface area contributed by atoms with Gasteiger partial charge in [0, 0.05) is 55.0 Å². The SMILES string of the molecule is C1=CCCC(N(c2ccccc2)c2c(-c3cccc(N(c4ccccc4)c4cccc5c4-c4ccccc4C54c5ccccc5N(c5ccccc5)c5ccccc54)c3)ccc3c2sc2ccccc23)=C1. The molecule has 0 bridgehead atoms. The van der Waals surface area contributed by atoms with E-state index in [1.165, 1.54) is 81.9 Å². The van der Waals surface area contributed by atoms with Crippen LogP contribution in [0.15, 0.2) is 267 Å². The van der Waals surface area contributed by atoms with Gasteiger partial charge in [0.15, 0.2) is 0 Å². The monoisotopic (exact) mass is 925 g/mol. The molecule has 0 atom stereocenters. The zero-order valence-corrected chi connectivity index (χ0v) is 39.8. The lowest BCUT2D eigenvalue weighted by Gasteiger charge is -2.45. The first kappa shape index (κ1) is 41.3. The minimum absolute atomic E-state index is 0.580. The molecule has 3 nitrogen and oxygen atoms in total. The van der Waals surface area contributed by atoms with Gasteiger partial charge in [0.2, 0.25) is 0 Å². The standard InChI is InChI=1S/C67H47N3S/c1-5-24-47(25-6-1)68(51-32-21-23-46(45-51)52-43-44-54-53-33-14-20-42-63(53)71-66(54)65(52)69(48-26-7-2-8-27-48)49-28-9-3-10-29-49)62-41-22-38-59-64(62)55-34-13-15-35-56(55)67(59)57-36-16-18-39-60(57)70(50-30-11-4-12-31-50)61-40-19-17-37-58(61)67/h1-9,11-28,30-45H,10,29H2. The minimum Gasteiger partial charge on any atom is -0.312 e. The third kappa shape index (κ3) is 6.35. The van der Waals surface area contributed by atoms with Gasteiger partial charge in [0.1, 0.15) is 0 Å². The molecule has 0 unspecified atom stereocenters. The van der Waals surface area contributed by atoms with Crippen molar-refractivity contribution in [2.24, 2.45) is 0 Å². The first-order valence-corrected chi connectivity index (χ1v) is 25.5. The lowest BCUT2D eigenvalue weighted by atomic mass is 9.64. The minimum atomic E-state index is -0.580. The van der Waals surface area contributed by atoms with Gasteiger partial charge in [-0.2, -0.15) is 0 Å². The first-order valence-electron chi connectivity index (χ1n) is 24.7. The molecule has 0 radical (unpaired) electrons. The van der Waals surface area contributed by atoms with Gasteiger partial charge < -0.3 is 14.7 Å². The summed E-state index contributed by atoms with van der Waals surface area (Å²) in [7, 11) is 0. The molecule has 71 heavy (non-hydrogen) atoms. The van der Waals surface area contributed by atoms with E-state index < -0.39 is 5.41 Å². The highest BCUT2D eigenvalue weighted by molar-refractivity contribution is 7.26. The van der Waals surface area contributed by atoms with E-state index in [0.29, 0.717) is 0 Å². The number of benzene rings is 10. The molecule has 2 heterocycles. The van der Waals surface area contributed by atoms with Crippen LogP contribution in [-0.2, 0) is 5.41 Å². The van der Waals surface area contributed by atoms with E-state index in [1.807, 2.05) is 11.3 Å². The van der Waals surface area contributed by atoms with Gasteiger partial charge in [0.05, 0.1) is 32.9 Å². The van der Waals surface area contributed by atoms with Gasteiger partial charge in [-0.3, -0.25) is 0 Å². The highest BCUT2D eigenvalue weighted by atomic mass is 32.1. The Morgan fingerprint density at radius 3 is 1.79 bits per heavy atom. The summed E-state index contributed by atoms with van der Waals surface area (Å²) in [5.41, 5.74) is 19.9. The Balaban J connectivity index is 1.01. The quantitative estimate of drug-likeness (QED) is 0.150. The Morgan fingerprint density at radius 1 is 0.451 bits per heavy atom. The van der Waals surface area contributed by atoms with Crippen LogP contribution < -0.4 is 14.7 Å². The first-order chi connectivity index (χ1) is 35.3. The van der Waals surface area contributed by atoms with Crippen LogP contribution in [0.25, 0.3) is 42.4 Å². The van der Waals surface area contributed by atoms with E-state index in [-0.39, 0.29) is 0 Å². The average Bonchev–Trinajstić information content (AvgIpc) is 3.97. The zero-order chi connectivity index (χ0) is 46.9. The van der Waals surface area contributed by atoms with Crippen molar-refractivity contribution in [2.45, 2.75) is 18.3 Å². The summed E-state index contributed by atoms with van der Waals surface area (Å²) in [4.78, 5) is 7.49. The van der Waals surface area contributed by atoms with Crippen LogP contribution in [0.4, 0.5) is 45.5 Å². The summed E-state index contributed by atoms with van der Waals surface area (Å²) >= 11 is 1.89. The van der Waals surface area contributed by atoms with Gasteiger partial charge >= 0.3 is 0 Å². The molecule has 336 valence electrons. The molecular formula is C67H47N3S. The molecule has 0 fully saturated rings. The Kier molecular flexibility index (Phi) is 9.75. The summed E-state index contributed by atoms with van der Waals surface area (Å²) in [6.45, 7) is 0. The summed E-state index contributed by atoms with van der Waals surface area (Å²) < 4.78 is 2.58. The van der Waals surface area contributed by atoms with Crippen molar-refractivity contribution < 1.29 is 0 Å². The molecule has 0 amide bonds. The number of hydrogen-bond acceptors (Lipinski definition) is 4. The summed E-state index contributed by atoms with van der Waals surface area (Å²) in [5, 5.41) is 2.58. The van der Waals surface area contributed by atoms with Crippen LogP contribution >= 0.6 is 11.3 Å². The van der Waals surface area contributed by atoms with Crippen molar-refractivity contribution in [3.8, 4) is 22.3 Å². The maximum absolute atomic E-state index is 2.54. The number of para-hydroxylation sites is 5. The Morgan fingerprint density at radius 2 is 1.06 bits per heavy atom. The van der Waals surface area contributed by atoms with E-state index in [9.17, 15) is 0 Å². The van der Waals surface area contributed by atoms with E-state index in [2.05, 4.69) is 276 Å². The molecule has 0 saturated heterocycles. The zero-order valence-electron chi connectivity index (χ0n) is 39.0. The highest BCUT2D eigenvalue weighted by Crippen LogP contribution is 2.65. The lowest BCUT2D eigenvalue weighted by molar-refractivity contribution is 0.752. The molecular weight excluding hydrogens is 879 g/mol. The number of anilines is 8. The fraction of sp³-hybridized carbons (Fsp3) is 0.0448. The normalized spacial score (nSPS) is 13.9. The number of nitrogens with zero attached hydrogens (tertiary/aromatic N) is 3. The second-order valence-corrected chi connectivity index (χ2v) is 19.7. The third-order valence-electron chi connectivity index (χ3n) is 14.9. The topological polar surface area (TPSA) is 9.72 Å². The number of thiophene rings is 1. The van der Waals surface area contributed by atoms with Gasteiger partial charge in [-0.25, -0.2) is 0 Å². The Bertz CT molecular complexity index is 3860. The molecule has 11 aromatic rings. The van der Waals surface area contributed by atoms with Crippen molar-refractivity contribution in [2.75, 3.05) is 14.7 Å². The Hall–Kier alpha value is -8.70. The van der Waals surface area contributed by atoms with Crippen LogP contribution in [-0.4, -0.2) is 0 Å². The predicted molar refractivity (Wildman–Crippen MR) is 300 cm³/mol. The molecule has 4 heteroatoms. The predicted octanol–water partition coefficient (Wildman–Crippen LogP) is 18.7. The Labute approximate surface area is 418 Å². The van der Waals surface area contributed by atoms with E-state index in [1.54, 1.807) is 0 Å². The van der Waals surface area contributed by atoms with Crippen LogP contribution in [0.2, 0.25) is 0 Å². The van der Waals surface area contributed by atoms with Gasteiger partial charge in [0.25, 0.3) is 0 Å². The molecule has 0 saturated carbocycles.